The third kappa shape index (κ3) is 2.07. The normalized spacial score (nSPS) is 18.1. The van der Waals surface area contributed by atoms with Gasteiger partial charge in [-0.2, -0.15) is 0 Å². The van der Waals surface area contributed by atoms with Crippen LogP contribution in [0.25, 0.3) is 0 Å². The molecule has 1 atom stereocenters. The monoisotopic (exact) mass is 190 g/mol. The quantitative estimate of drug-likeness (QED) is 0.719. The lowest BCUT2D eigenvalue weighted by Crippen LogP contribution is -2.12. The van der Waals surface area contributed by atoms with Crippen molar-refractivity contribution in [3.05, 3.63) is 29.3 Å². The standard InChI is InChI=1S/C12H18N2/c1-8-6-10(13)4-5-11(8)12(14)7-9-2-3-9/h4-6,9,12H,2-3,7,13-14H2,1H3/t12-/m1/s1. The van der Waals surface area contributed by atoms with E-state index in [1.165, 1.54) is 24.0 Å². The predicted octanol–water partition coefficient (Wildman–Crippen LogP) is 2.38. The van der Waals surface area contributed by atoms with Crippen molar-refractivity contribution >= 4 is 5.69 Å². The van der Waals surface area contributed by atoms with Crippen molar-refractivity contribution in [2.24, 2.45) is 11.7 Å². The second kappa shape index (κ2) is 3.62. The van der Waals surface area contributed by atoms with Crippen molar-refractivity contribution < 1.29 is 0 Å². The van der Waals surface area contributed by atoms with Crippen molar-refractivity contribution in [2.45, 2.75) is 32.2 Å². The Balaban J connectivity index is 2.13. The first-order chi connectivity index (χ1) is 6.66. The lowest BCUT2D eigenvalue weighted by Gasteiger charge is -2.14. The second-order valence-electron chi connectivity index (χ2n) is 4.40. The lowest BCUT2D eigenvalue weighted by molar-refractivity contribution is 0.594. The molecule has 0 spiro atoms. The number of benzene rings is 1. The van der Waals surface area contributed by atoms with E-state index < -0.39 is 0 Å². The van der Waals surface area contributed by atoms with Crippen molar-refractivity contribution in [3.8, 4) is 0 Å². The fraction of sp³-hybridized carbons (Fsp3) is 0.500. The molecule has 1 fully saturated rings. The summed E-state index contributed by atoms with van der Waals surface area (Å²) >= 11 is 0. The fourth-order valence-electron chi connectivity index (χ4n) is 1.95. The van der Waals surface area contributed by atoms with Crippen molar-refractivity contribution in [2.75, 3.05) is 5.73 Å². The van der Waals surface area contributed by atoms with Crippen LogP contribution in [0.15, 0.2) is 18.2 Å². The minimum Gasteiger partial charge on any atom is -0.399 e. The first-order valence-electron chi connectivity index (χ1n) is 5.28. The predicted molar refractivity (Wildman–Crippen MR) is 59.9 cm³/mol. The Kier molecular flexibility index (Phi) is 2.46. The zero-order valence-corrected chi connectivity index (χ0v) is 8.66. The molecule has 1 aliphatic rings. The molecule has 2 rings (SSSR count). The number of aryl methyl sites for hydroxylation is 1. The van der Waals surface area contributed by atoms with Crippen LogP contribution < -0.4 is 11.5 Å². The molecule has 0 saturated heterocycles. The van der Waals surface area contributed by atoms with Gasteiger partial charge in [0, 0.05) is 11.7 Å². The number of hydrogen-bond acceptors (Lipinski definition) is 2. The van der Waals surface area contributed by atoms with Crippen LogP contribution in [0.3, 0.4) is 0 Å². The van der Waals surface area contributed by atoms with Crippen LogP contribution in [-0.2, 0) is 0 Å². The van der Waals surface area contributed by atoms with E-state index in [9.17, 15) is 0 Å². The molecule has 0 aliphatic heterocycles. The van der Waals surface area contributed by atoms with E-state index in [2.05, 4.69) is 13.0 Å². The molecule has 1 saturated carbocycles. The Morgan fingerprint density at radius 2 is 2.14 bits per heavy atom. The highest BCUT2D eigenvalue weighted by molar-refractivity contribution is 5.45. The molecule has 0 amide bonds. The van der Waals surface area contributed by atoms with E-state index in [1.807, 2.05) is 12.1 Å². The number of rotatable bonds is 3. The van der Waals surface area contributed by atoms with E-state index in [4.69, 9.17) is 11.5 Å². The zero-order valence-electron chi connectivity index (χ0n) is 8.66. The van der Waals surface area contributed by atoms with E-state index in [0.717, 1.165) is 18.0 Å². The maximum Gasteiger partial charge on any atom is 0.0316 e. The smallest absolute Gasteiger partial charge is 0.0316 e. The van der Waals surface area contributed by atoms with Gasteiger partial charge < -0.3 is 11.5 Å². The van der Waals surface area contributed by atoms with Gasteiger partial charge in [0.2, 0.25) is 0 Å². The molecule has 0 radical (unpaired) electrons. The molecular weight excluding hydrogens is 172 g/mol. The highest BCUT2D eigenvalue weighted by Gasteiger charge is 2.24. The van der Waals surface area contributed by atoms with Gasteiger partial charge in [-0.1, -0.05) is 18.9 Å². The van der Waals surface area contributed by atoms with Crippen molar-refractivity contribution in [1.82, 2.24) is 0 Å². The van der Waals surface area contributed by atoms with E-state index in [1.54, 1.807) is 0 Å². The minimum absolute atomic E-state index is 0.197. The maximum absolute atomic E-state index is 6.15. The molecule has 2 nitrogen and oxygen atoms in total. The highest BCUT2D eigenvalue weighted by atomic mass is 14.6. The largest absolute Gasteiger partial charge is 0.399 e. The van der Waals surface area contributed by atoms with Gasteiger partial charge in [0.25, 0.3) is 0 Å². The Hall–Kier alpha value is -1.02. The first kappa shape index (κ1) is 9.53. The van der Waals surface area contributed by atoms with E-state index in [-0.39, 0.29) is 6.04 Å². The number of nitrogen functional groups attached to an aromatic ring is 1. The van der Waals surface area contributed by atoms with Gasteiger partial charge in [-0.25, -0.2) is 0 Å². The van der Waals surface area contributed by atoms with Gasteiger partial charge in [0.05, 0.1) is 0 Å². The second-order valence-corrected chi connectivity index (χ2v) is 4.40. The van der Waals surface area contributed by atoms with Gasteiger partial charge in [-0.3, -0.25) is 0 Å². The van der Waals surface area contributed by atoms with Gasteiger partial charge in [-0.15, -0.1) is 0 Å². The van der Waals surface area contributed by atoms with Gasteiger partial charge in [0.15, 0.2) is 0 Å². The van der Waals surface area contributed by atoms with Crippen LogP contribution in [0.4, 0.5) is 5.69 Å². The van der Waals surface area contributed by atoms with Crippen molar-refractivity contribution in [3.63, 3.8) is 0 Å². The maximum atomic E-state index is 6.15. The summed E-state index contributed by atoms with van der Waals surface area (Å²) in [6.45, 7) is 2.08. The first-order valence-corrected chi connectivity index (χ1v) is 5.28. The van der Waals surface area contributed by atoms with Crippen LogP contribution in [0.5, 0.6) is 0 Å². The molecule has 0 heterocycles. The highest BCUT2D eigenvalue weighted by Crippen LogP contribution is 2.37. The number of anilines is 1. The molecule has 1 aliphatic carbocycles. The van der Waals surface area contributed by atoms with Crippen molar-refractivity contribution in [1.29, 1.82) is 0 Å². The summed E-state index contributed by atoms with van der Waals surface area (Å²) in [5.41, 5.74) is 15.1. The van der Waals surface area contributed by atoms with Crippen LogP contribution in [-0.4, -0.2) is 0 Å². The summed E-state index contributed by atoms with van der Waals surface area (Å²) < 4.78 is 0. The van der Waals surface area contributed by atoms with E-state index >= 15 is 0 Å². The van der Waals surface area contributed by atoms with E-state index in [0.29, 0.717) is 0 Å². The Labute approximate surface area is 85.3 Å². The SMILES string of the molecule is Cc1cc(N)ccc1[C@H](N)CC1CC1. The molecule has 4 N–H and O–H groups in total. The Morgan fingerprint density at radius 1 is 1.43 bits per heavy atom. The number of hydrogen-bond donors (Lipinski definition) is 2. The summed E-state index contributed by atoms with van der Waals surface area (Å²) in [7, 11) is 0. The zero-order chi connectivity index (χ0) is 10.1. The summed E-state index contributed by atoms with van der Waals surface area (Å²) in [6, 6.07) is 6.21. The molecule has 1 aromatic carbocycles. The number of nitrogens with two attached hydrogens (primary N) is 2. The van der Waals surface area contributed by atoms with Gasteiger partial charge in [-0.05, 0) is 42.5 Å². The molecule has 14 heavy (non-hydrogen) atoms. The minimum atomic E-state index is 0.197. The summed E-state index contributed by atoms with van der Waals surface area (Å²) in [5, 5.41) is 0. The molecule has 2 heteroatoms. The summed E-state index contributed by atoms with van der Waals surface area (Å²) in [5.74, 6) is 0.877. The Morgan fingerprint density at radius 3 is 2.71 bits per heavy atom. The molecule has 0 bridgehead atoms. The average Bonchev–Trinajstić information content (AvgIpc) is 2.87. The van der Waals surface area contributed by atoms with Crippen LogP contribution >= 0.6 is 0 Å². The van der Waals surface area contributed by atoms with Crippen LogP contribution in [0, 0.1) is 12.8 Å². The molecule has 0 aromatic heterocycles. The Bertz CT molecular complexity index is 329. The summed E-state index contributed by atoms with van der Waals surface area (Å²) in [4.78, 5) is 0. The third-order valence-corrected chi connectivity index (χ3v) is 2.98. The van der Waals surface area contributed by atoms with Crippen LogP contribution in [0.1, 0.15) is 36.4 Å². The molecule has 1 aromatic rings. The van der Waals surface area contributed by atoms with Crippen LogP contribution in [0.2, 0.25) is 0 Å². The topological polar surface area (TPSA) is 52.0 Å². The molecule has 76 valence electrons. The average molecular weight is 190 g/mol. The lowest BCUT2D eigenvalue weighted by atomic mass is 9.97. The van der Waals surface area contributed by atoms with Gasteiger partial charge >= 0.3 is 0 Å². The summed E-state index contributed by atoms with van der Waals surface area (Å²) in [6.07, 6.45) is 3.86. The van der Waals surface area contributed by atoms with Gasteiger partial charge in [0.1, 0.15) is 0 Å². The third-order valence-electron chi connectivity index (χ3n) is 2.98. The fourth-order valence-corrected chi connectivity index (χ4v) is 1.95. The molecule has 0 unspecified atom stereocenters. The molecular formula is C12H18N2.